The first kappa shape index (κ1) is 18.9. The Balaban J connectivity index is 3.45. The van der Waals surface area contributed by atoms with E-state index in [0.717, 1.165) is 23.2 Å². The summed E-state index contributed by atoms with van der Waals surface area (Å²) < 4.78 is 10.4. The smallest absolute Gasteiger partial charge is 0.243 e. The topological polar surface area (TPSA) is 38.8 Å². The molecule has 4 nitrogen and oxygen atoms in total. The molecule has 1 aromatic rings. The Morgan fingerprint density at radius 3 is 2.41 bits per heavy atom. The van der Waals surface area contributed by atoms with Crippen molar-refractivity contribution in [2.45, 2.75) is 32.6 Å². The number of rotatable bonds is 7. The molecule has 1 aromatic carbocycles. The van der Waals surface area contributed by atoms with Crippen LogP contribution in [0.4, 0.5) is 5.69 Å². The number of para-hydroxylation sites is 1. The van der Waals surface area contributed by atoms with Gasteiger partial charge in [-0.2, -0.15) is 0 Å². The molecule has 0 unspecified atom stereocenters. The summed E-state index contributed by atoms with van der Waals surface area (Å²) in [5.74, 6) is -0.246. The summed E-state index contributed by atoms with van der Waals surface area (Å²) in [7, 11) is 3.24. The summed E-state index contributed by atoms with van der Waals surface area (Å²) in [6, 6.07) is 6.09. The quantitative estimate of drug-likeness (QED) is 0.569. The molecule has 0 radical (unpaired) electrons. The molecular formula is C17H26ClNO3. The van der Waals surface area contributed by atoms with E-state index in [9.17, 15) is 4.79 Å². The first-order valence-corrected chi connectivity index (χ1v) is 7.86. The van der Waals surface area contributed by atoms with E-state index in [-0.39, 0.29) is 23.9 Å². The van der Waals surface area contributed by atoms with Crippen molar-refractivity contribution in [3.05, 3.63) is 29.3 Å². The number of ether oxygens (including phenoxy) is 2. The molecule has 0 aliphatic carbocycles. The van der Waals surface area contributed by atoms with Crippen LogP contribution < -0.4 is 4.90 Å². The van der Waals surface area contributed by atoms with E-state index >= 15 is 0 Å². The van der Waals surface area contributed by atoms with Gasteiger partial charge in [-0.05, 0) is 23.0 Å². The number of halogens is 1. The van der Waals surface area contributed by atoms with Gasteiger partial charge >= 0.3 is 0 Å². The highest BCUT2D eigenvalue weighted by atomic mass is 35.5. The van der Waals surface area contributed by atoms with E-state index in [1.807, 2.05) is 12.1 Å². The lowest BCUT2D eigenvalue weighted by molar-refractivity contribution is -0.117. The normalized spacial score (nSPS) is 11.5. The van der Waals surface area contributed by atoms with Crippen LogP contribution in [0, 0.1) is 0 Å². The molecule has 0 aromatic heterocycles. The molecule has 0 saturated heterocycles. The van der Waals surface area contributed by atoms with Gasteiger partial charge in [0, 0.05) is 14.2 Å². The van der Waals surface area contributed by atoms with Crippen LogP contribution in [0.5, 0.6) is 0 Å². The van der Waals surface area contributed by atoms with Gasteiger partial charge < -0.3 is 9.47 Å². The number of methoxy groups -OCH3 is 2. The highest BCUT2D eigenvalue weighted by Gasteiger charge is 2.26. The fourth-order valence-corrected chi connectivity index (χ4v) is 2.54. The summed E-state index contributed by atoms with van der Waals surface area (Å²) in [6.45, 7) is 7.15. The Bertz CT molecular complexity index is 497. The van der Waals surface area contributed by atoms with Gasteiger partial charge in [0.15, 0.2) is 0 Å². The minimum atomic E-state index is -0.168. The minimum absolute atomic E-state index is 0.0778. The average molecular weight is 328 g/mol. The number of carbonyl (C=O) groups excluding carboxylic acids is 1. The fraction of sp³-hybridized carbons (Fsp3) is 0.588. The predicted octanol–water partition coefficient (Wildman–Crippen LogP) is 3.35. The van der Waals surface area contributed by atoms with Crippen molar-refractivity contribution in [2.24, 2.45) is 0 Å². The maximum Gasteiger partial charge on any atom is 0.243 e. The first-order valence-electron chi connectivity index (χ1n) is 7.33. The number of amides is 1. The number of hydrogen-bond donors (Lipinski definition) is 0. The molecule has 0 aliphatic rings. The third-order valence-electron chi connectivity index (χ3n) is 3.45. The van der Waals surface area contributed by atoms with Gasteiger partial charge in [0.05, 0.1) is 12.3 Å². The molecule has 0 atom stereocenters. The number of benzene rings is 1. The van der Waals surface area contributed by atoms with Gasteiger partial charge in [0.2, 0.25) is 5.91 Å². The third-order valence-corrected chi connectivity index (χ3v) is 3.68. The second-order valence-corrected chi connectivity index (χ2v) is 6.45. The van der Waals surface area contributed by atoms with E-state index in [1.165, 1.54) is 0 Å². The van der Waals surface area contributed by atoms with Gasteiger partial charge in [-0.3, -0.25) is 9.69 Å². The molecule has 0 bridgehead atoms. The highest BCUT2D eigenvalue weighted by Crippen LogP contribution is 2.35. The van der Waals surface area contributed by atoms with Crippen molar-refractivity contribution in [1.82, 2.24) is 0 Å². The lowest BCUT2D eigenvalue weighted by atomic mass is 9.83. The number of alkyl halides is 1. The molecule has 0 aliphatic heterocycles. The van der Waals surface area contributed by atoms with Crippen LogP contribution in [0.2, 0.25) is 0 Å². The Labute approximate surface area is 138 Å². The second kappa shape index (κ2) is 8.51. The maximum absolute atomic E-state index is 12.3. The summed E-state index contributed by atoms with van der Waals surface area (Å²) in [5.41, 5.74) is 2.94. The summed E-state index contributed by atoms with van der Waals surface area (Å²) >= 11 is 5.78. The van der Waals surface area contributed by atoms with Gasteiger partial charge in [-0.25, -0.2) is 0 Å². The highest BCUT2D eigenvalue weighted by molar-refractivity contribution is 6.29. The van der Waals surface area contributed by atoms with E-state index in [4.69, 9.17) is 21.1 Å². The molecule has 124 valence electrons. The van der Waals surface area contributed by atoms with Crippen LogP contribution in [0.15, 0.2) is 18.2 Å². The van der Waals surface area contributed by atoms with Crippen molar-refractivity contribution in [3.63, 3.8) is 0 Å². The second-order valence-electron chi connectivity index (χ2n) is 6.18. The Morgan fingerprint density at radius 1 is 1.23 bits per heavy atom. The van der Waals surface area contributed by atoms with Crippen LogP contribution in [0.1, 0.15) is 31.9 Å². The zero-order chi connectivity index (χ0) is 16.8. The van der Waals surface area contributed by atoms with Crippen molar-refractivity contribution in [1.29, 1.82) is 0 Å². The zero-order valence-electron chi connectivity index (χ0n) is 14.1. The van der Waals surface area contributed by atoms with E-state index in [1.54, 1.807) is 19.1 Å². The Hall–Kier alpha value is -1.10. The molecule has 5 heteroatoms. The van der Waals surface area contributed by atoms with Crippen LogP contribution in [0.25, 0.3) is 0 Å². The summed E-state index contributed by atoms with van der Waals surface area (Å²) in [5, 5.41) is 0. The minimum Gasteiger partial charge on any atom is -0.384 e. The summed E-state index contributed by atoms with van der Waals surface area (Å²) in [6.07, 6.45) is 0.728. The van der Waals surface area contributed by atoms with Crippen molar-refractivity contribution >= 4 is 23.2 Å². The largest absolute Gasteiger partial charge is 0.384 e. The third kappa shape index (κ3) is 4.70. The molecule has 0 heterocycles. The molecular weight excluding hydrogens is 302 g/mol. The zero-order valence-corrected chi connectivity index (χ0v) is 14.9. The van der Waals surface area contributed by atoms with Gasteiger partial charge in [-0.1, -0.05) is 39.0 Å². The number of nitrogens with zero attached hydrogens (tertiary/aromatic N) is 1. The van der Waals surface area contributed by atoms with Crippen molar-refractivity contribution in [3.8, 4) is 0 Å². The molecule has 0 fully saturated rings. The van der Waals surface area contributed by atoms with Crippen LogP contribution in [-0.2, 0) is 26.1 Å². The van der Waals surface area contributed by atoms with Gasteiger partial charge in [-0.15, -0.1) is 11.6 Å². The Kier molecular flexibility index (Phi) is 7.33. The number of carbonyl (C=O) groups is 1. The molecule has 1 rings (SSSR count). The van der Waals surface area contributed by atoms with E-state index < -0.39 is 0 Å². The molecule has 0 spiro atoms. The van der Waals surface area contributed by atoms with E-state index in [2.05, 4.69) is 26.8 Å². The fourth-order valence-electron chi connectivity index (χ4n) is 2.39. The monoisotopic (exact) mass is 327 g/mol. The Morgan fingerprint density at radius 2 is 1.91 bits per heavy atom. The van der Waals surface area contributed by atoms with Gasteiger partial charge in [0.1, 0.15) is 12.6 Å². The standard InChI is InChI=1S/C17H26ClNO3/c1-17(2,3)14-8-6-7-13(9-10-21-4)16(14)19(12-22-5)15(20)11-18/h6-8H,9-12H2,1-5H3. The lowest BCUT2D eigenvalue weighted by Gasteiger charge is -2.31. The van der Waals surface area contributed by atoms with Crippen LogP contribution >= 0.6 is 11.6 Å². The molecule has 1 amide bonds. The molecule has 0 saturated carbocycles. The summed E-state index contributed by atoms with van der Waals surface area (Å²) in [4.78, 5) is 13.9. The van der Waals surface area contributed by atoms with Crippen LogP contribution in [0.3, 0.4) is 0 Å². The number of anilines is 1. The van der Waals surface area contributed by atoms with Crippen molar-refractivity contribution in [2.75, 3.05) is 38.3 Å². The van der Waals surface area contributed by atoms with Crippen LogP contribution in [-0.4, -0.2) is 39.3 Å². The van der Waals surface area contributed by atoms with Crippen molar-refractivity contribution < 1.29 is 14.3 Å². The first-order chi connectivity index (χ1) is 10.4. The number of hydrogen-bond acceptors (Lipinski definition) is 3. The molecule has 22 heavy (non-hydrogen) atoms. The molecule has 0 N–H and O–H groups in total. The average Bonchev–Trinajstić information content (AvgIpc) is 2.48. The predicted molar refractivity (Wildman–Crippen MR) is 90.8 cm³/mol. The van der Waals surface area contributed by atoms with Gasteiger partial charge in [0.25, 0.3) is 0 Å². The van der Waals surface area contributed by atoms with E-state index in [0.29, 0.717) is 6.61 Å². The lowest BCUT2D eigenvalue weighted by Crippen LogP contribution is -2.36. The SMILES string of the molecule is COCCc1cccc(C(C)(C)C)c1N(COC)C(=O)CCl. The maximum atomic E-state index is 12.3.